The van der Waals surface area contributed by atoms with Gasteiger partial charge in [-0.2, -0.15) is 0 Å². The molecule has 2 aliphatic heterocycles. The molecule has 0 aliphatic carbocycles. The van der Waals surface area contributed by atoms with E-state index in [-0.39, 0.29) is 17.9 Å². The van der Waals surface area contributed by atoms with Gasteiger partial charge in [0.1, 0.15) is 5.60 Å². The molecule has 1 unspecified atom stereocenters. The molecular formula is C17H20N2O4. The van der Waals surface area contributed by atoms with Crippen LogP contribution in [0.3, 0.4) is 0 Å². The van der Waals surface area contributed by atoms with Crippen molar-refractivity contribution < 1.29 is 19.1 Å². The summed E-state index contributed by atoms with van der Waals surface area (Å²) in [6, 6.07) is 6.52. The highest BCUT2D eigenvalue weighted by Gasteiger charge is 2.43. The summed E-state index contributed by atoms with van der Waals surface area (Å²) < 4.78 is 5.35. The van der Waals surface area contributed by atoms with Crippen molar-refractivity contribution in [3.05, 3.63) is 35.4 Å². The predicted molar refractivity (Wildman–Crippen MR) is 83.2 cm³/mol. The van der Waals surface area contributed by atoms with Gasteiger partial charge in [0.2, 0.25) is 0 Å². The predicted octanol–water partition coefficient (Wildman–Crippen LogP) is 2.29. The van der Waals surface area contributed by atoms with Crippen molar-refractivity contribution in [2.45, 2.75) is 38.8 Å². The molecule has 1 aromatic rings. The molecule has 122 valence electrons. The number of likely N-dealkylation sites (tertiary alicyclic amines) is 1. The van der Waals surface area contributed by atoms with E-state index in [0.717, 1.165) is 0 Å². The maximum absolute atomic E-state index is 12.5. The minimum absolute atomic E-state index is 0.276. The first kappa shape index (κ1) is 15.5. The van der Waals surface area contributed by atoms with Gasteiger partial charge in [0.25, 0.3) is 11.8 Å². The Balaban J connectivity index is 1.72. The van der Waals surface area contributed by atoms with Gasteiger partial charge < -0.3 is 9.64 Å². The van der Waals surface area contributed by atoms with Crippen molar-refractivity contribution >= 4 is 17.9 Å². The Morgan fingerprint density at radius 1 is 1.13 bits per heavy atom. The van der Waals surface area contributed by atoms with Gasteiger partial charge in [0, 0.05) is 13.1 Å². The minimum Gasteiger partial charge on any atom is -0.444 e. The molecule has 6 heteroatoms. The summed E-state index contributed by atoms with van der Waals surface area (Å²) in [5.74, 6) is -0.553. The lowest BCUT2D eigenvalue weighted by molar-refractivity contribution is 0.0273. The van der Waals surface area contributed by atoms with E-state index in [0.29, 0.717) is 30.6 Å². The fraction of sp³-hybridized carbons (Fsp3) is 0.471. The third-order valence-corrected chi connectivity index (χ3v) is 4.01. The Bertz CT molecular complexity index is 642. The summed E-state index contributed by atoms with van der Waals surface area (Å²) in [5.41, 5.74) is 0.312. The van der Waals surface area contributed by atoms with Crippen molar-refractivity contribution in [3.63, 3.8) is 0 Å². The zero-order valence-electron chi connectivity index (χ0n) is 13.5. The van der Waals surface area contributed by atoms with Crippen LogP contribution in [0.4, 0.5) is 4.79 Å². The molecule has 3 rings (SSSR count). The van der Waals surface area contributed by atoms with E-state index in [2.05, 4.69) is 0 Å². The normalized spacial score (nSPS) is 20.9. The molecule has 2 aliphatic rings. The Hall–Kier alpha value is -2.37. The zero-order valence-corrected chi connectivity index (χ0v) is 13.5. The zero-order chi connectivity index (χ0) is 16.8. The van der Waals surface area contributed by atoms with Gasteiger partial charge in [-0.05, 0) is 39.3 Å². The number of imide groups is 1. The average Bonchev–Trinajstić information content (AvgIpc) is 3.03. The smallest absolute Gasteiger partial charge is 0.410 e. The highest BCUT2D eigenvalue weighted by atomic mass is 16.6. The van der Waals surface area contributed by atoms with E-state index in [1.807, 2.05) is 20.8 Å². The van der Waals surface area contributed by atoms with Crippen LogP contribution < -0.4 is 0 Å². The van der Waals surface area contributed by atoms with Gasteiger partial charge in [0.15, 0.2) is 0 Å². The Labute approximate surface area is 135 Å². The van der Waals surface area contributed by atoms with Crippen LogP contribution in [-0.2, 0) is 4.74 Å². The molecule has 0 spiro atoms. The highest BCUT2D eigenvalue weighted by molar-refractivity contribution is 6.21. The quantitative estimate of drug-likeness (QED) is 0.746. The second kappa shape index (κ2) is 5.37. The van der Waals surface area contributed by atoms with Gasteiger partial charge >= 0.3 is 6.09 Å². The number of nitrogens with zero attached hydrogens (tertiary/aromatic N) is 2. The first-order valence-electron chi connectivity index (χ1n) is 7.73. The maximum atomic E-state index is 12.5. The summed E-state index contributed by atoms with van der Waals surface area (Å²) in [4.78, 5) is 39.9. The van der Waals surface area contributed by atoms with Gasteiger partial charge in [0.05, 0.1) is 17.2 Å². The molecule has 0 bridgehead atoms. The topological polar surface area (TPSA) is 66.9 Å². The van der Waals surface area contributed by atoms with Crippen molar-refractivity contribution in [3.8, 4) is 0 Å². The molecule has 3 amide bonds. The average molecular weight is 316 g/mol. The van der Waals surface area contributed by atoms with Crippen LogP contribution in [0.15, 0.2) is 24.3 Å². The van der Waals surface area contributed by atoms with Crippen LogP contribution in [0.2, 0.25) is 0 Å². The van der Waals surface area contributed by atoms with Crippen LogP contribution in [0.1, 0.15) is 47.9 Å². The lowest BCUT2D eigenvalue weighted by Crippen LogP contribution is -2.43. The lowest BCUT2D eigenvalue weighted by Gasteiger charge is -2.25. The van der Waals surface area contributed by atoms with Crippen molar-refractivity contribution in [1.29, 1.82) is 0 Å². The van der Waals surface area contributed by atoms with Gasteiger partial charge in [-0.1, -0.05) is 12.1 Å². The first-order chi connectivity index (χ1) is 10.8. The lowest BCUT2D eigenvalue weighted by atomic mass is 10.1. The number of amides is 3. The van der Waals surface area contributed by atoms with E-state index >= 15 is 0 Å². The molecule has 23 heavy (non-hydrogen) atoms. The number of hydrogen-bond acceptors (Lipinski definition) is 4. The van der Waals surface area contributed by atoms with Gasteiger partial charge in [-0.15, -0.1) is 0 Å². The van der Waals surface area contributed by atoms with Crippen LogP contribution in [0.5, 0.6) is 0 Å². The van der Waals surface area contributed by atoms with E-state index in [4.69, 9.17) is 4.74 Å². The summed E-state index contributed by atoms with van der Waals surface area (Å²) in [6.07, 6.45) is 0.168. The van der Waals surface area contributed by atoms with Crippen molar-refractivity contribution in [2.24, 2.45) is 0 Å². The number of rotatable bonds is 1. The van der Waals surface area contributed by atoms with Crippen LogP contribution in [0, 0.1) is 0 Å². The van der Waals surface area contributed by atoms with Crippen LogP contribution in [0.25, 0.3) is 0 Å². The summed E-state index contributed by atoms with van der Waals surface area (Å²) in [6.45, 7) is 6.22. The molecule has 1 aromatic carbocycles. The Morgan fingerprint density at radius 3 is 2.22 bits per heavy atom. The summed E-state index contributed by atoms with van der Waals surface area (Å²) in [5, 5.41) is 0. The van der Waals surface area contributed by atoms with E-state index in [1.165, 1.54) is 4.90 Å². The number of carbonyl (C=O) groups excluding carboxylic acids is 3. The van der Waals surface area contributed by atoms with Crippen LogP contribution >= 0.6 is 0 Å². The molecule has 0 aromatic heterocycles. The molecule has 2 heterocycles. The maximum Gasteiger partial charge on any atom is 0.410 e. The number of benzene rings is 1. The third kappa shape index (κ3) is 2.81. The first-order valence-corrected chi connectivity index (χ1v) is 7.73. The second-order valence-electron chi connectivity index (χ2n) is 6.89. The van der Waals surface area contributed by atoms with Crippen molar-refractivity contribution in [2.75, 3.05) is 13.1 Å². The van der Waals surface area contributed by atoms with E-state index < -0.39 is 11.7 Å². The summed E-state index contributed by atoms with van der Waals surface area (Å²) in [7, 11) is 0. The third-order valence-electron chi connectivity index (χ3n) is 4.01. The molecule has 1 saturated heterocycles. The molecule has 1 fully saturated rings. The number of carbonyl (C=O) groups is 3. The molecule has 0 saturated carbocycles. The fourth-order valence-electron chi connectivity index (χ4n) is 2.98. The molecule has 0 radical (unpaired) electrons. The number of hydrogen-bond donors (Lipinski definition) is 0. The van der Waals surface area contributed by atoms with Gasteiger partial charge in [-0.25, -0.2) is 4.79 Å². The number of fused-ring (bicyclic) bond motifs is 1. The molecule has 0 N–H and O–H groups in total. The second-order valence-corrected chi connectivity index (χ2v) is 6.89. The minimum atomic E-state index is -0.565. The van der Waals surface area contributed by atoms with Crippen molar-refractivity contribution in [1.82, 2.24) is 9.80 Å². The fourth-order valence-corrected chi connectivity index (χ4v) is 2.98. The van der Waals surface area contributed by atoms with E-state index in [9.17, 15) is 14.4 Å². The molecular weight excluding hydrogens is 296 g/mol. The number of ether oxygens (including phenoxy) is 1. The Kier molecular flexibility index (Phi) is 3.62. The monoisotopic (exact) mass is 316 g/mol. The largest absolute Gasteiger partial charge is 0.444 e. The van der Waals surface area contributed by atoms with Crippen LogP contribution in [-0.4, -0.2) is 52.4 Å². The SMILES string of the molecule is CC(C)(C)OC(=O)N1CCC(N2C(=O)c3ccccc3C2=O)C1. The Morgan fingerprint density at radius 2 is 1.70 bits per heavy atom. The molecule has 1 atom stereocenters. The standard InChI is InChI=1S/C17H20N2O4/c1-17(2,3)23-16(22)18-9-8-11(10-18)19-14(20)12-6-4-5-7-13(12)15(19)21/h4-7,11H,8-10H2,1-3H3. The molecule has 6 nitrogen and oxygen atoms in total. The summed E-state index contributed by atoms with van der Waals surface area (Å²) >= 11 is 0. The van der Waals surface area contributed by atoms with Gasteiger partial charge in [-0.3, -0.25) is 14.5 Å². The van der Waals surface area contributed by atoms with E-state index in [1.54, 1.807) is 29.2 Å². The highest BCUT2D eigenvalue weighted by Crippen LogP contribution is 2.28.